The molecule has 1 aromatic heterocycles. The van der Waals surface area contributed by atoms with E-state index < -0.39 is 141 Å². The number of ether oxygens (including phenoxy) is 11. The Morgan fingerprint density at radius 3 is 1.95 bits per heavy atom. The number of carbonyl (C=O) groups excluding carboxylic acids is 7. The van der Waals surface area contributed by atoms with Gasteiger partial charge in [-0.25, -0.2) is 4.79 Å². The van der Waals surface area contributed by atoms with E-state index in [1.165, 1.54) is 54.4 Å². The monoisotopic (exact) mass is 888 g/mol. The molecule has 1 aromatic rings. The molecule has 1 unspecified atom stereocenters. The van der Waals surface area contributed by atoms with Crippen molar-refractivity contribution in [2.24, 2.45) is 28.1 Å². The number of fused-ring (bicyclic) bond motifs is 2. The lowest BCUT2D eigenvalue weighted by Crippen LogP contribution is -2.96. The Bertz CT molecular complexity index is 2160. The molecule has 4 saturated carbocycles. The summed E-state index contributed by atoms with van der Waals surface area (Å²) in [4.78, 5) is 97.9. The Hall–Kier alpha value is -4.59. The van der Waals surface area contributed by atoms with Crippen molar-refractivity contribution in [1.82, 2.24) is 0 Å². The van der Waals surface area contributed by atoms with Crippen molar-refractivity contribution in [3.05, 3.63) is 24.2 Å². The molecule has 0 aromatic carbocycles. The molecule has 16 atom stereocenters. The van der Waals surface area contributed by atoms with Crippen LogP contribution in [0, 0.1) is 28.1 Å². The average Bonchev–Trinajstić information content (AvgIpc) is 3.52. The number of methoxy groups -OCH3 is 2. The van der Waals surface area contributed by atoms with Gasteiger partial charge in [-0.1, -0.05) is 27.7 Å². The molecule has 3 aliphatic heterocycles. The van der Waals surface area contributed by atoms with E-state index in [0.717, 1.165) is 6.92 Å². The Labute approximate surface area is 363 Å². The molecule has 4 heterocycles. The number of epoxide rings is 1. The van der Waals surface area contributed by atoms with E-state index in [4.69, 9.17) is 56.5 Å². The van der Waals surface area contributed by atoms with Crippen LogP contribution >= 0.6 is 0 Å². The molecular formula is C44H56O19. The van der Waals surface area contributed by atoms with Crippen molar-refractivity contribution in [3.8, 4) is 0 Å². The first-order valence-corrected chi connectivity index (χ1v) is 21.2. The summed E-state index contributed by atoms with van der Waals surface area (Å²) in [7, 11) is 2.39. The van der Waals surface area contributed by atoms with E-state index in [9.17, 15) is 33.6 Å². The average molecular weight is 889 g/mol. The van der Waals surface area contributed by atoms with Gasteiger partial charge >= 0.3 is 41.8 Å². The van der Waals surface area contributed by atoms with Gasteiger partial charge in [0.05, 0.1) is 39.3 Å². The van der Waals surface area contributed by atoms with Gasteiger partial charge in [0, 0.05) is 68.3 Å². The molecular weight excluding hydrogens is 832 g/mol. The van der Waals surface area contributed by atoms with Crippen LogP contribution in [0.4, 0.5) is 0 Å². The summed E-state index contributed by atoms with van der Waals surface area (Å²) in [5.74, 6) is -10.2. The molecule has 8 rings (SSSR count). The highest BCUT2D eigenvalue weighted by molar-refractivity contribution is 5.83. The lowest BCUT2D eigenvalue weighted by atomic mass is 9.33. The van der Waals surface area contributed by atoms with E-state index in [0.29, 0.717) is 5.56 Å². The van der Waals surface area contributed by atoms with Gasteiger partial charge in [-0.15, -0.1) is 0 Å². The van der Waals surface area contributed by atoms with Crippen LogP contribution < -0.4 is 0 Å². The molecule has 4 aliphatic carbocycles. The standard InChI is InChI=1S/C44H56O19/c1-13-29(48)57-34-42-27(17-31(50)53-12)36(6,32(56-23(4)46)25-14-15-54-19-25)18-28(55-22(3)45)44(42)39(9)26(16-30(49)52-11)37(7)20-41(39,61-40(10,62-42)63-44)43(34,60-24(5)47)33(37)58-35(51)38(8)21(2)59-38/h14-15,19,21,26-28,32-34H,13,16-18,20H2,1-12H3/t21-,26+,27-,28-,32+,33+,34+,36-,37+,38+,39-,40?,41-,42-,43+,44+/m1/s1. The van der Waals surface area contributed by atoms with Gasteiger partial charge in [-0.3, -0.25) is 28.8 Å². The van der Waals surface area contributed by atoms with Gasteiger partial charge in [0.2, 0.25) is 5.60 Å². The first-order valence-electron chi connectivity index (χ1n) is 21.2. The minimum absolute atomic E-state index is 0.131. The molecule has 0 amide bonds. The fourth-order valence-electron chi connectivity index (χ4n) is 13.9. The van der Waals surface area contributed by atoms with Gasteiger partial charge in [-0.05, 0) is 38.7 Å². The van der Waals surface area contributed by atoms with Crippen molar-refractivity contribution in [3.63, 3.8) is 0 Å². The normalized spacial score (nSPS) is 45.9. The van der Waals surface area contributed by atoms with Crippen molar-refractivity contribution >= 4 is 41.8 Å². The smallest absolute Gasteiger partial charge is 0.341 e. The quantitative estimate of drug-likeness (QED) is 0.156. The van der Waals surface area contributed by atoms with Crippen LogP contribution in [-0.2, 0) is 85.7 Å². The topological polar surface area (TPSA) is 237 Å². The van der Waals surface area contributed by atoms with Crippen molar-refractivity contribution in [1.29, 1.82) is 0 Å². The van der Waals surface area contributed by atoms with Crippen LogP contribution in [0.15, 0.2) is 23.0 Å². The third-order valence-electron chi connectivity index (χ3n) is 16.0. The highest BCUT2D eigenvalue weighted by Crippen LogP contribution is 2.90. The van der Waals surface area contributed by atoms with Crippen LogP contribution in [0.3, 0.4) is 0 Å². The van der Waals surface area contributed by atoms with E-state index >= 15 is 0 Å². The zero-order valence-electron chi connectivity index (χ0n) is 37.6. The van der Waals surface area contributed by atoms with Crippen LogP contribution in [-0.4, -0.2) is 114 Å². The summed E-state index contributed by atoms with van der Waals surface area (Å²) in [5.41, 5.74) is -14.8. The molecule has 0 radical (unpaired) electrons. The highest BCUT2D eigenvalue weighted by Gasteiger charge is 3.06. The number of furan rings is 1. The minimum Gasteiger partial charge on any atom is -0.472 e. The van der Waals surface area contributed by atoms with Crippen LogP contribution in [0.2, 0.25) is 0 Å². The van der Waals surface area contributed by atoms with E-state index in [2.05, 4.69) is 0 Å². The van der Waals surface area contributed by atoms with Crippen LogP contribution in [0.5, 0.6) is 0 Å². The predicted molar refractivity (Wildman–Crippen MR) is 206 cm³/mol. The fourth-order valence-corrected chi connectivity index (χ4v) is 13.9. The van der Waals surface area contributed by atoms with Gasteiger partial charge in [-0.2, -0.15) is 0 Å². The zero-order chi connectivity index (χ0) is 46.3. The van der Waals surface area contributed by atoms with Crippen molar-refractivity contribution in [2.75, 3.05) is 14.2 Å². The molecule has 7 fully saturated rings. The molecule has 4 bridgehead atoms. The maximum atomic E-state index is 14.5. The number of hydrogen-bond acceptors (Lipinski definition) is 19. The third-order valence-corrected chi connectivity index (χ3v) is 16.0. The van der Waals surface area contributed by atoms with E-state index in [1.807, 2.05) is 0 Å². The summed E-state index contributed by atoms with van der Waals surface area (Å²) >= 11 is 0. The summed E-state index contributed by atoms with van der Waals surface area (Å²) in [6.07, 6.45) is -5.76. The van der Waals surface area contributed by atoms with Crippen LogP contribution in [0.1, 0.15) is 113 Å². The maximum Gasteiger partial charge on any atom is 0.341 e. The molecule has 19 nitrogen and oxygen atoms in total. The zero-order valence-corrected chi connectivity index (χ0v) is 37.6. The minimum atomic E-state index is -2.39. The predicted octanol–water partition coefficient (Wildman–Crippen LogP) is 3.71. The largest absolute Gasteiger partial charge is 0.472 e. The van der Waals surface area contributed by atoms with Gasteiger partial charge in [0.15, 0.2) is 29.0 Å². The Kier molecular flexibility index (Phi) is 9.97. The van der Waals surface area contributed by atoms with Crippen LogP contribution in [0.25, 0.3) is 0 Å². The Balaban J connectivity index is 1.56. The molecule has 2 spiro atoms. The Morgan fingerprint density at radius 2 is 1.43 bits per heavy atom. The number of esters is 7. The Morgan fingerprint density at radius 1 is 0.794 bits per heavy atom. The lowest BCUT2D eigenvalue weighted by Gasteiger charge is -2.77. The summed E-state index contributed by atoms with van der Waals surface area (Å²) in [5, 5.41) is 0. The fraction of sp³-hybridized carbons (Fsp3) is 0.750. The molecule has 3 saturated heterocycles. The number of hydrogen-bond donors (Lipinski definition) is 0. The molecule has 346 valence electrons. The highest BCUT2D eigenvalue weighted by atomic mass is 16.9. The van der Waals surface area contributed by atoms with Crippen molar-refractivity contribution < 1.29 is 90.1 Å². The maximum absolute atomic E-state index is 14.5. The second-order valence-corrected chi connectivity index (χ2v) is 19.2. The van der Waals surface area contributed by atoms with E-state index in [-0.39, 0.29) is 25.7 Å². The molecule has 63 heavy (non-hydrogen) atoms. The second kappa shape index (κ2) is 14.0. The van der Waals surface area contributed by atoms with Gasteiger partial charge in [0.1, 0.15) is 17.8 Å². The first kappa shape index (κ1) is 45.0. The molecule has 0 N–H and O–H groups in total. The summed E-state index contributed by atoms with van der Waals surface area (Å²) in [6.45, 7) is 14.9. The van der Waals surface area contributed by atoms with Crippen molar-refractivity contribution in [2.45, 2.75) is 166 Å². The number of rotatable bonds is 13. The second-order valence-electron chi connectivity index (χ2n) is 19.2. The van der Waals surface area contributed by atoms with E-state index in [1.54, 1.807) is 40.7 Å². The SMILES string of the molecule is CCC(=O)O[C@@H]1[C@@]2(OC(C)=O)[C@@H](OC(=O)[C@@]3(C)O[C@@H]3C)[C@@]3(C)C[C@]24OC2(C)O[C@]15[C@H](CC(=O)OC)[C@](C)([C@@H](OC(C)=O)c1ccoc1)C[C@@H](OC(C)=O)[C@]5(O2)[C@]4(C)[C@H]3CC(=O)OC. The molecule has 7 aliphatic rings. The van der Waals surface area contributed by atoms with Gasteiger partial charge in [0.25, 0.3) is 5.97 Å². The number of carbonyl (C=O) groups is 7. The first-order chi connectivity index (χ1) is 29.3. The summed E-state index contributed by atoms with van der Waals surface area (Å²) < 4.78 is 76.5. The van der Waals surface area contributed by atoms with Gasteiger partial charge < -0.3 is 56.5 Å². The third kappa shape index (κ3) is 5.36. The molecule has 19 heteroatoms. The summed E-state index contributed by atoms with van der Waals surface area (Å²) in [6, 6.07) is 1.56. The lowest BCUT2D eigenvalue weighted by molar-refractivity contribution is -0.486.